The van der Waals surface area contributed by atoms with Gasteiger partial charge in [-0.3, -0.25) is 18.4 Å². The van der Waals surface area contributed by atoms with Gasteiger partial charge >= 0.3 is 0 Å². The summed E-state index contributed by atoms with van der Waals surface area (Å²) in [6.07, 6.45) is 12.3. The van der Waals surface area contributed by atoms with Crippen LogP contribution in [0.2, 0.25) is 0 Å². The van der Waals surface area contributed by atoms with Crippen LogP contribution in [-0.2, 0) is 12.8 Å². The standard InChI is InChI=1S/C52H50N2O2S4/c1-5-9-15-31(7-3)29-33-21-23-39(57-33)41-25-27-43(59-41)47-45-35-17-11-13-19-37(35)54-49(45)50-46(36-18-12-14-20-38(36)53(50)51(47)55)48(52(54)56)44-28-26-42(60-44)40-24-22-34(58-40)30-32(8-4)16-10-6-2/h11-14,17-28,31-32H,5-10,15-16,29-30H2,1-4H3. The summed E-state index contributed by atoms with van der Waals surface area (Å²) in [7, 11) is 0. The van der Waals surface area contributed by atoms with E-state index >= 15 is 9.59 Å². The van der Waals surface area contributed by atoms with Crippen molar-refractivity contribution < 1.29 is 0 Å². The molecule has 8 aromatic heterocycles. The third-order valence-corrected chi connectivity index (χ3v) is 17.7. The van der Waals surface area contributed by atoms with E-state index in [1.54, 1.807) is 22.7 Å². The van der Waals surface area contributed by atoms with E-state index < -0.39 is 0 Å². The van der Waals surface area contributed by atoms with Crippen LogP contribution in [0, 0.1) is 11.8 Å². The molecule has 0 spiro atoms. The van der Waals surface area contributed by atoms with Gasteiger partial charge in [-0.15, -0.1) is 45.3 Å². The van der Waals surface area contributed by atoms with Gasteiger partial charge in [-0.1, -0.05) is 115 Å². The van der Waals surface area contributed by atoms with Crippen molar-refractivity contribution in [2.75, 3.05) is 0 Å². The van der Waals surface area contributed by atoms with Gasteiger partial charge < -0.3 is 0 Å². The van der Waals surface area contributed by atoms with E-state index in [1.807, 2.05) is 67.9 Å². The number of unbranched alkanes of at least 4 members (excludes halogenated alkanes) is 2. The maximum absolute atomic E-state index is 15.4. The van der Waals surface area contributed by atoms with Crippen molar-refractivity contribution in [1.29, 1.82) is 0 Å². The lowest BCUT2D eigenvalue weighted by Gasteiger charge is -2.12. The lowest BCUT2D eigenvalue weighted by atomic mass is 9.95. The summed E-state index contributed by atoms with van der Waals surface area (Å²) in [6, 6.07) is 34.0. The number of hydrogen-bond donors (Lipinski definition) is 0. The van der Waals surface area contributed by atoms with Crippen molar-refractivity contribution in [2.45, 2.75) is 91.9 Å². The smallest absolute Gasteiger partial charge is 0.265 e. The summed E-state index contributed by atoms with van der Waals surface area (Å²) in [5.41, 5.74) is 4.57. The molecule has 0 saturated heterocycles. The van der Waals surface area contributed by atoms with Gasteiger partial charge in [-0.2, -0.15) is 0 Å². The quantitative estimate of drug-likeness (QED) is 0.0971. The predicted octanol–water partition coefficient (Wildman–Crippen LogP) is 15.7. The summed E-state index contributed by atoms with van der Waals surface area (Å²) in [5.74, 6) is 1.43. The van der Waals surface area contributed by atoms with Crippen molar-refractivity contribution in [3.05, 3.63) is 128 Å². The normalized spacial score (nSPS) is 13.3. The van der Waals surface area contributed by atoms with Crippen LogP contribution < -0.4 is 11.1 Å². The van der Waals surface area contributed by atoms with Gasteiger partial charge in [0.15, 0.2) is 0 Å². The van der Waals surface area contributed by atoms with E-state index in [0.717, 1.165) is 66.2 Å². The number of rotatable bonds is 16. The Kier molecular flexibility index (Phi) is 10.8. The fraction of sp³-hybridized carbons (Fsp3) is 0.308. The van der Waals surface area contributed by atoms with Crippen LogP contribution in [0.5, 0.6) is 0 Å². The predicted molar refractivity (Wildman–Crippen MR) is 263 cm³/mol. The summed E-state index contributed by atoms with van der Waals surface area (Å²) in [4.78, 5) is 40.3. The highest BCUT2D eigenvalue weighted by molar-refractivity contribution is 7.24. The molecule has 10 rings (SSSR count). The number of nitrogens with zero attached hydrogens (tertiary/aromatic N) is 2. The Hall–Kier alpha value is -4.60. The molecule has 60 heavy (non-hydrogen) atoms. The van der Waals surface area contributed by atoms with Crippen LogP contribution >= 0.6 is 45.3 Å². The monoisotopic (exact) mass is 862 g/mol. The van der Waals surface area contributed by atoms with Gasteiger partial charge in [0.25, 0.3) is 11.1 Å². The van der Waals surface area contributed by atoms with Crippen molar-refractivity contribution in [3.8, 4) is 40.4 Å². The SMILES string of the molecule is CCCCC(CC)Cc1ccc(-c2ccc(-c3c(=O)n4c5ccccc5c5c(-c6ccc(-c7ccc(CC(CC)CCCC)s7)s6)c(=O)n6c7ccccc7c3c6c54)s2)s1. The van der Waals surface area contributed by atoms with E-state index in [2.05, 4.69) is 88.4 Å². The first-order valence-corrected chi connectivity index (χ1v) is 25.2. The number of pyridine rings is 2. The average Bonchev–Trinajstić information content (AvgIpc) is 4.13. The Labute approximate surface area is 367 Å². The molecule has 0 bridgehead atoms. The third kappa shape index (κ3) is 6.57. The van der Waals surface area contributed by atoms with Crippen LogP contribution in [0.4, 0.5) is 0 Å². The Morgan fingerprint density at radius 3 is 1.27 bits per heavy atom. The van der Waals surface area contributed by atoms with Gasteiger partial charge in [0, 0.05) is 60.6 Å². The molecule has 0 aliphatic carbocycles. The zero-order chi connectivity index (χ0) is 41.1. The maximum atomic E-state index is 15.4. The second kappa shape index (κ2) is 16.4. The van der Waals surface area contributed by atoms with Gasteiger partial charge in [0.05, 0.1) is 33.2 Å². The summed E-state index contributed by atoms with van der Waals surface area (Å²) >= 11 is 7.14. The molecule has 0 N–H and O–H groups in total. The van der Waals surface area contributed by atoms with Gasteiger partial charge in [-0.25, -0.2) is 0 Å². The van der Waals surface area contributed by atoms with E-state index in [-0.39, 0.29) is 11.1 Å². The van der Waals surface area contributed by atoms with Crippen LogP contribution in [0.15, 0.2) is 107 Å². The Bertz CT molecular complexity index is 3030. The summed E-state index contributed by atoms with van der Waals surface area (Å²) in [5, 5.41) is 3.59. The zero-order valence-electron chi connectivity index (χ0n) is 34.8. The van der Waals surface area contributed by atoms with E-state index in [1.165, 1.54) is 80.6 Å². The number of para-hydroxylation sites is 2. The average molecular weight is 863 g/mol. The number of aromatic nitrogens is 2. The Morgan fingerprint density at radius 1 is 0.467 bits per heavy atom. The molecular weight excluding hydrogens is 813 g/mol. The van der Waals surface area contributed by atoms with E-state index in [9.17, 15) is 0 Å². The molecule has 8 heterocycles. The fourth-order valence-electron chi connectivity index (χ4n) is 9.66. The van der Waals surface area contributed by atoms with Gasteiger partial charge in [0.1, 0.15) is 0 Å². The molecule has 4 nitrogen and oxygen atoms in total. The molecule has 0 fully saturated rings. The second-order valence-corrected chi connectivity index (χ2v) is 21.1. The van der Waals surface area contributed by atoms with Gasteiger partial charge in [0.2, 0.25) is 0 Å². The third-order valence-electron chi connectivity index (χ3n) is 12.9. The first-order chi connectivity index (χ1) is 29.4. The number of benzene rings is 2. The number of hydrogen-bond acceptors (Lipinski definition) is 6. The van der Waals surface area contributed by atoms with Crippen LogP contribution in [0.1, 0.15) is 88.8 Å². The fourth-order valence-corrected chi connectivity index (χ4v) is 14.2. The topological polar surface area (TPSA) is 43.0 Å². The van der Waals surface area contributed by atoms with Crippen molar-refractivity contribution in [3.63, 3.8) is 0 Å². The molecule has 2 unspecified atom stereocenters. The van der Waals surface area contributed by atoms with E-state index in [4.69, 9.17) is 0 Å². The number of thiophene rings is 4. The summed E-state index contributed by atoms with van der Waals surface area (Å²) in [6.45, 7) is 9.17. The minimum atomic E-state index is -0.0409. The molecular formula is C52H50N2O2S4. The molecule has 0 aliphatic heterocycles. The van der Waals surface area contributed by atoms with Crippen LogP contribution in [0.25, 0.3) is 84.0 Å². The highest BCUT2D eigenvalue weighted by atomic mass is 32.1. The van der Waals surface area contributed by atoms with Gasteiger partial charge in [-0.05, 0) is 85.3 Å². The summed E-state index contributed by atoms with van der Waals surface area (Å²) < 4.78 is 3.83. The molecule has 10 aromatic rings. The largest absolute Gasteiger partial charge is 0.273 e. The molecule has 304 valence electrons. The first kappa shape index (κ1) is 39.5. The molecule has 0 amide bonds. The number of fused-ring (bicyclic) bond motifs is 6. The first-order valence-electron chi connectivity index (χ1n) is 21.9. The molecule has 8 heteroatoms. The van der Waals surface area contributed by atoms with Crippen molar-refractivity contribution >= 4 is 89.0 Å². The zero-order valence-corrected chi connectivity index (χ0v) is 38.1. The maximum Gasteiger partial charge on any atom is 0.265 e. The Morgan fingerprint density at radius 2 is 0.850 bits per heavy atom. The minimum Gasteiger partial charge on any atom is -0.273 e. The van der Waals surface area contributed by atoms with E-state index in [0.29, 0.717) is 23.0 Å². The molecule has 0 aliphatic rings. The molecule has 0 radical (unpaired) electrons. The van der Waals surface area contributed by atoms with Crippen LogP contribution in [-0.4, -0.2) is 8.80 Å². The van der Waals surface area contributed by atoms with Crippen molar-refractivity contribution in [1.82, 2.24) is 8.80 Å². The van der Waals surface area contributed by atoms with Crippen LogP contribution in [0.3, 0.4) is 0 Å². The Balaban J connectivity index is 1.13. The lowest BCUT2D eigenvalue weighted by molar-refractivity contribution is 0.452. The molecule has 2 aromatic carbocycles. The minimum absolute atomic E-state index is 0.0409. The second-order valence-electron chi connectivity index (χ2n) is 16.6. The highest BCUT2D eigenvalue weighted by Gasteiger charge is 2.30. The lowest BCUT2D eigenvalue weighted by Crippen LogP contribution is -2.19. The highest BCUT2D eigenvalue weighted by Crippen LogP contribution is 2.47. The molecule has 2 atom stereocenters. The molecule has 0 saturated carbocycles. The van der Waals surface area contributed by atoms with Crippen molar-refractivity contribution in [2.24, 2.45) is 11.8 Å².